The minimum absolute atomic E-state index is 0.0499. The molecule has 0 unspecified atom stereocenters. The third-order valence-corrected chi connectivity index (χ3v) is 2.97. The topological polar surface area (TPSA) is 29.5 Å². The molecule has 0 N–H and O–H groups in total. The summed E-state index contributed by atoms with van der Waals surface area (Å²) in [6.07, 6.45) is 0. The Bertz CT molecular complexity index is 552. The molecule has 0 spiro atoms. The molecule has 0 radical (unpaired) electrons. The summed E-state index contributed by atoms with van der Waals surface area (Å²) in [5, 5.41) is 0. The molecule has 0 atom stereocenters. The summed E-state index contributed by atoms with van der Waals surface area (Å²) in [4.78, 5) is 14.3. The van der Waals surface area contributed by atoms with Gasteiger partial charge >= 0.3 is 0 Å². The normalized spacial score (nSPS) is 10.0. The van der Waals surface area contributed by atoms with Crippen molar-refractivity contribution in [3.05, 3.63) is 60.2 Å². The van der Waals surface area contributed by atoms with E-state index in [9.17, 15) is 4.79 Å². The zero-order chi connectivity index (χ0) is 13.7. The second-order valence-electron chi connectivity index (χ2n) is 4.09. The average Bonchev–Trinajstić information content (AvgIpc) is 2.49. The number of rotatable bonds is 4. The minimum atomic E-state index is -0.0499. The van der Waals surface area contributed by atoms with Crippen molar-refractivity contribution < 1.29 is 9.53 Å². The van der Waals surface area contributed by atoms with E-state index in [-0.39, 0.29) is 5.91 Å². The lowest BCUT2D eigenvalue weighted by atomic mass is 10.1. The Morgan fingerprint density at radius 3 is 2.32 bits per heavy atom. The number of ether oxygens (including phenoxy) is 1. The van der Waals surface area contributed by atoms with Crippen molar-refractivity contribution in [3.8, 4) is 5.75 Å². The standard InChI is InChI=1S/C16H17NO2/c1-3-17(13-9-5-4-6-10-13)16(18)14-11-7-8-12-15(14)19-2/h4-12H,3H2,1-2H3. The number of nitrogens with zero attached hydrogens (tertiary/aromatic N) is 1. The molecule has 1 amide bonds. The smallest absolute Gasteiger partial charge is 0.262 e. The van der Waals surface area contributed by atoms with Crippen molar-refractivity contribution in [2.45, 2.75) is 6.92 Å². The number of carbonyl (C=O) groups is 1. The molecule has 0 aliphatic carbocycles. The van der Waals surface area contributed by atoms with E-state index in [0.717, 1.165) is 5.69 Å². The highest BCUT2D eigenvalue weighted by molar-refractivity contribution is 6.07. The lowest BCUT2D eigenvalue weighted by Gasteiger charge is -2.22. The maximum absolute atomic E-state index is 12.6. The summed E-state index contributed by atoms with van der Waals surface area (Å²) < 4.78 is 5.25. The van der Waals surface area contributed by atoms with Crippen molar-refractivity contribution in [3.63, 3.8) is 0 Å². The molecule has 0 bridgehead atoms. The number of amides is 1. The molecule has 0 aromatic heterocycles. The van der Waals surface area contributed by atoms with Gasteiger partial charge in [-0.2, -0.15) is 0 Å². The van der Waals surface area contributed by atoms with Gasteiger partial charge < -0.3 is 9.64 Å². The molecule has 3 heteroatoms. The summed E-state index contributed by atoms with van der Waals surface area (Å²) in [5.74, 6) is 0.549. The van der Waals surface area contributed by atoms with Crippen molar-refractivity contribution in [1.29, 1.82) is 0 Å². The third kappa shape index (κ3) is 2.76. The first-order chi connectivity index (χ1) is 9.27. The minimum Gasteiger partial charge on any atom is -0.496 e. The first-order valence-corrected chi connectivity index (χ1v) is 6.28. The molecule has 2 aromatic carbocycles. The summed E-state index contributed by atoms with van der Waals surface area (Å²) in [7, 11) is 1.57. The van der Waals surface area contributed by atoms with Gasteiger partial charge in [-0.15, -0.1) is 0 Å². The summed E-state index contributed by atoms with van der Waals surface area (Å²) >= 11 is 0. The highest BCUT2D eigenvalue weighted by Crippen LogP contribution is 2.22. The summed E-state index contributed by atoms with van der Waals surface area (Å²) in [6.45, 7) is 2.57. The zero-order valence-corrected chi connectivity index (χ0v) is 11.2. The van der Waals surface area contributed by atoms with E-state index in [1.165, 1.54) is 0 Å². The van der Waals surface area contributed by atoms with E-state index in [1.807, 2.05) is 49.4 Å². The quantitative estimate of drug-likeness (QED) is 0.838. The van der Waals surface area contributed by atoms with E-state index in [4.69, 9.17) is 4.74 Å². The molecule has 0 aliphatic heterocycles. The van der Waals surface area contributed by atoms with E-state index in [1.54, 1.807) is 24.1 Å². The monoisotopic (exact) mass is 255 g/mol. The van der Waals surface area contributed by atoms with Gasteiger partial charge in [0.1, 0.15) is 5.75 Å². The fourth-order valence-electron chi connectivity index (χ4n) is 2.02. The van der Waals surface area contributed by atoms with Crippen LogP contribution in [-0.4, -0.2) is 19.6 Å². The maximum Gasteiger partial charge on any atom is 0.262 e. The molecule has 98 valence electrons. The number of benzene rings is 2. The van der Waals surface area contributed by atoms with Gasteiger partial charge in [0.05, 0.1) is 12.7 Å². The molecule has 0 saturated heterocycles. The molecule has 2 rings (SSSR count). The second-order valence-corrected chi connectivity index (χ2v) is 4.09. The summed E-state index contributed by atoms with van der Waals surface area (Å²) in [5.41, 5.74) is 1.47. The molecule has 0 fully saturated rings. The van der Waals surface area contributed by atoms with Gasteiger partial charge in [0.15, 0.2) is 0 Å². The predicted molar refractivity (Wildman–Crippen MR) is 76.8 cm³/mol. The van der Waals surface area contributed by atoms with Crippen LogP contribution >= 0.6 is 0 Å². The van der Waals surface area contributed by atoms with E-state index in [0.29, 0.717) is 17.9 Å². The van der Waals surface area contributed by atoms with Gasteiger partial charge in [-0.05, 0) is 31.2 Å². The SMILES string of the molecule is CCN(C(=O)c1ccccc1OC)c1ccccc1. The van der Waals surface area contributed by atoms with Crippen LogP contribution in [0.25, 0.3) is 0 Å². The Hall–Kier alpha value is -2.29. The Balaban J connectivity index is 2.36. The fourth-order valence-corrected chi connectivity index (χ4v) is 2.02. The lowest BCUT2D eigenvalue weighted by molar-refractivity contribution is 0.0985. The van der Waals surface area contributed by atoms with Crippen molar-refractivity contribution in [1.82, 2.24) is 0 Å². The number of para-hydroxylation sites is 2. The molecular formula is C16H17NO2. The number of hydrogen-bond donors (Lipinski definition) is 0. The van der Waals surface area contributed by atoms with Crippen LogP contribution in [0.5, 0.6) is 5.75 Å². The molecule has 19 heavy (non-hydrogen) atoms. The first-order valence-electron chi connectivity index (χ1n) is 6.28. The average molecular weight is 255 g/mol. The highest BCUT2D eigenvalue weighted by Gasteiger charge is 2.19. The van der Waals surface area contributed by atoms with E-state index < -0.39 is 0 Å². The van der Waals surface area contributed by atoms with Crippen LogP contribution < -0.4 is 9.64 Å². The zero-order valence-electron chi connectivity index (χ0n) is 11.2. The van der Waals surface area contributed by atoms with Crippen LogP contribution in [0.15, 0.2) is 54.6 Å². The molecular weight excluding hydrogens is 238 g/mol. The number of hydrogen-bond acceptors (Lipinski definition) is 2. The first kappa shape index (κ1) is 13.1. The molecule has 3 nitrogen and oxygen atoms in total. The molecule has 0 saturated carbocycles. The maximum atomic E-state index is 12.6. The Morgan fingerprint density at radius 1 is 1.05 bits per heavy atom. The predicted octanol–water partition coefficient (Wildman–Crippen LogP) is 3.36. The van der Waals surface area contributed by atoms with Crippen LogP contribution in [0.3, 0.4) is 0 Å². The van der Waals surface area contributed by atoms with Gasteiger partial charge in [-0.1, -0.05) is 30.3 Å². The lowest BCUT2D eigenvalue weighted by Crippen LogP contribution is -2.30. The number of methoxy groups -OCH3 is 1. The summed E-state index contributed by atoms with van der Waals surface area (Å²) in [6, 6.07) is 16.9. The van der Waals surface area contributed by atoms with Crippen molar-refractivity contribution >= 4 is 11.6 Å². The van der Waals surface area contributed by atoms with Crippen LogP contribution in [0, 0.1) is 0 Å². The van der Waals surface area contributed by atoms with Gasteiger partial charge in [0.25, 0.3) is 5.91 Å². The van der Waals surface area contributed by atoms with E-state index >= 15 is 0 Å². The van der Waals surface area contributed by atoms with E-state index in [2.05, 4.69) is 0 Å². The van der Waals surface area contributed by atoms with Gasteiger partial charge in [-0.3, -0.25) is 4.79 Å². The second kappa shape index (κ2) is 6.05. The Labute approximate surface area is 113 Å². The largest absolute Gasteiger partial charge is 0.496 e. The van der Waals surface area contributed by atoms with Crippen LogP contribution in [0.4, 0.5) is 5.69 Å². The van der Waals surface area contributed by atoms with Gasteiger partial charge in [-0.25, -0.2) is 0 Å². The number of carbonyl (C=O) groups excluding carboxylic acids is 1. The van der Waals surface area contributed by atoms with Gasteiger partial charge in [0.2, 0.25) is 0 Å². The molecule has 0 heterocycles. The highest BCUT2D eigenvalue weighted by atomic mass is 16.5. The van der Waals surface area contributed by atoms with Crippen LogP contribution in [-0.2, 0) is 0 Å². The Morgan fingerprint density at radius 2 is 1.68 bits per heavy atom. The molecule has 0 aliphatic rings. The molecule has 2 aromatic rings. The van der Waals surface area contributed by atoms with Crippen molar-refractivity contribution in [2.75, 3.05) is 18.6 Å². The van der Waals surface area contributed by atoms with Gasteiger partial charge in [0, 0.05) is 12.2 Å². The van der Waals surface area contributed by atoms with Crippen molar-refractivity contribution in [2.24, 2.45) is 0 Å². The van der Waals surface area contributed by atoms with Crippen LogP contribution in [0.2, 0.25) is 0 Å². The fraction of sp³-hybridized carbons (Fsp3) is 0.188. The Kier molecular flexibility index (Phi) is 4.18. The van der Waals surface area contributed by atoms with Crippen LogP contribution in [0.1, 0.15) is 17.3 Å². The number of anilines is 1. The third-order valence-electron chi connectivity index (χ3n) is 2.97.